The summed E-state index contributed by atoms with van der Waals surface area (Å²) in [5.41, 5.74) is 2.91. The van der Waals surface area contributed by atoms with Crippen molar-refractivity contribution in [2.75, 3.05) is 13.1 Å². The van der Waals surface area contributed by atoms with Crippen LogP contribution in [0.4, 0.5) is 0 Å². The minimum absolute atomic E-state index is 0.124. The van der Waals surface area contributed by atoms with Gasteiger partial charge in [0.2, 0.25) is 0 Å². The van der Waals surface area contributed by atoms with Crippen LogP contribution in [-0.2, 0) is 0 Å². The molecular weight excluding hydrogens is 320 g/mol. The number of nitrogens with zero attached hydrogens (tertiary/aromatic N) is 4. The molecule has 24 heavy (non-hydrogen) atoms. The average Bonchev–Trinajstić information content (AvgIpc) is 3.35. The number of hydrogen-bond acceptors (Lipinski definition) is 4. The fourth-order valence-corrected chi connectivity index (χ4v) is 3.95. The maximum absolute atomic E-state index is 12.6. The molecule has 1 saturated heterocycles. The van der Waals surface area contributed by atoms with Crippen LogP contribution in [-0.4, -0.2) is 38.4 Å². The maximum atomic E-state index is 12.6. The van der Waals surface area contributed by atoms with Gasteiger partial charge in [-0.2, -0.15) is 11.3 Å². The smallest absolute Gasteiger partial charge is 0.254 e. The summed E-state index contributed by atoms with van der Waals surface area (Å²) < 4.78 is 2.25. The number of pyridine rings is 1. The van der Waals surface area contributed by atoms with Crippen molar-refractivity contribution in [1.29, 1.82) is 0 Å². The maximum Gasteiger partial charge on any atom is 0.254 e. The van der Waals surface area contributed by atoms with Gasteiger partial charge in [0, 0.05) is 48.3 Å². The molecule has 122 valence electrons. The Bertz CT molecular complexity index is 841. The van der Waals surface area contributed by atoms with Gasteiger partial charge in [0.1, 0.15) is 5.82 Å². The molecule has 1 fully saturated rings. The normalized spacial score (nSPS) is 17.4. The van der Waals surface area contributed by atoms with Crippen molar-refractivity contribution < 1.29 is 4.79 Å². The second kappa shape index (κ2) is 6.20. The van der Waals surface area contributed by atoms with Gasteiger partial charge >= 0.3 is 0 Å². The molecule has 1 amide bonds. The summed E-state index contributed by atoms with van der Waals surface area (Å²) in [7, 11) is 0. The van der Waals surface area contributed by atoms with Gasteiger partial charge in [-0.05, 0) is 36.9 Å². The molecule has 0 spiro atoms. The topological polar surface area (TPSA) is 51.0 Å². The zero-order valence-electron chi connectivity index (χ0n) is 13.4. The number of thiophene rings is 1. The highest BCUT2D eigenvalue weighted by Gasteiger charge is 2.30. The first-order valence-electron chi connectivity index (χ1n) is 8.00. The van der Waals surface area contributed by atoms with E-state index < -0.39 is 0 Å². The first kappa shape index (κ1) is 15.1. The van der Waals surface area contributed by atoms with Crippen LogP contribution >= 0.6 is 11.3 Å². The van der Waals surface area contributed by atoms with Gasteiger partial charge in [0.25, 0.3) is 5.91 Å². The lowest BCUT2D eigenvalue weighted by Crippen LogP contribution is -2.29. The number of aromatic nitrogens is 3. The number of hydrogen-bond donors (Lipinski definition) is 0. The van der Waals surface area contributed by atoms with Gasteiger partial charge in [-0.3, -0.25) is 9.78 Å². The van der Waals surface area contributed by atoms with Gasteiger partial charge in [-0.25, -0.2) is 4.98 Å². The number of aryl methyl sites for hydroxylation is 1. The molecule has 4 rings (SSSR count). The second-order valence-electron chi connectivity index (χ2n) is 6.04. The molecule has 0 aliphatic carbocycles. The van der Waals surface area contributed by atoms with Crippen molar-refractivity contribution in [1.82, 2.24) is 19.4 Å². The molecule has 0 radical (unpaired) electrons. The summed E-state index contributed by atoms with van der Waals surface area (Å²) in [6, 6.07) is 6.09. The number of likely N-dealkylation sites (tertiary alicyclic amines) is 1. The number of carbonyl (C=O) groups excluding carboxylic acids is 1. The molecule has 0 aromatic carbocycles. The van der Waals surface area contributed by atoms with E-state index in [-0.39, 0.29) is 11.9 Å². The monoisotopic (exact) mass is 338 g/mol. The van der Waals surface area contributed by atoms with E-state index in [0.29, 0.717) is 0 Å². The molecule has 3 aromatic heterocycles. The van der Waals surface area contributed by atoms with Crippen molar-refractivity contribution >= 4 is 17.2 Å². The van der Waals surface area contributed by atoms with E-state index in [4.69, 9.17) is 0 Å². The van der Waals surface area contributed by atoms with Gasteiger partial charge in [0.05, 0.1) is 11.6 Å². The number of amides is 1. The molecule has 1 aliphatic heterocycles. The van der Waals surface area contributed by atoms with Crippen LogP contribution in [0.2, 0.25) is 0 Å². The summed E-state index contributed by atoms with van der Waals surface area (Å²) in [6.45, 7) is 3.57. The Morgan fingerprint density at radius 1 is 1.33 bits per heavy atom. The summed E-state index contributed by atoms with van der Waals surface area (Å²) in [4.78, 5) is 23.3. The Hall–Kier alpha value is -2.47. The molecule has 1 unspecified atom stereocenters. The first-order valence-corrected chi connectivity index (χ1v) is 8.94. The van der Waals surface area contributed by atoms with E-state index in [0.717, 1.165) is 42.2 Å². The molecule has 1 atom stereocenters. The van der Waals surface area contributed by atoms with Crippen molar-refractivity contribution in [3.8, 4) is 11.4 Å². The van der Waals surface area contributed by atoms with Gasteiger partial charge in [-0.1, -0.05) is 0 Å². The SMILES string of the molecule is Cc1cnc(-c2cccnc2)n1C1CCN(C(=O)c2ccsc2)C1. The van der Waals surface area contributed by atoms with E-state index >= 15 is 0 Å². The largest absolute Gasteiger partial charge is 0.336 e. The minimum atomic E-state index is 0.124. The lowest BCUT2D eigenvalue weighted by molar-refractivity contribution is 0.0788. The van der Waals surface area contributed by atoms with Gasteiger partial charge < -0.3 is 9.47 Å². The number of rotatable bonds is 3. The Morgan fingerprint density at radius 2 is 2.25 bits per heavy atom. The highest BCUT2D eigenvalue weighted by Crippen LogP contribution is 2.30. The van der Waals surface area contributed by atoms with Crippen LogP contribution in [0.25, 0.3) is 11.4 Å². The molecule has 6 heteroatoms. The molecule has 5 nitrogen and oxygen atoms in total. The molecule has 0 saturated carbocycles. The van der Waals surface area contributed by atoms with Crippen molar-refractivity contribution in [3.63, 3.8) is 0 Å². The standard InChI is InChI=1S/C18H18N4OS/c1-13-9-20-17(14-3-2-6-19-10-14)22(13)16-4-7-21(11-16)18(23)15-5-8-24-12-15/h2-3,5-6,8-10,12,16H,4,7,11H2,1H3. The van der Waals surface area contributed by atoms with Crippen LogP contribution in [0.1, 0.15) is 28.5 Å². The summed E-state index contributed by atoms with van der Waals surface area (Å²) in [5.74, 6) is 1.05. The van der Waals surface area contributed by atoms with E-state index in [1.165, 1.54) is 0 Å². The predicted octanol–water partition coefficient (Wildman–Crippen LogP) is 3.40. The van der Waals surface area contributed by atoms with E-state index in [2.05, 4.69) is 21.5 Å². The summed E-state index contributed by atoms with van der Waals surface area (Å²) >= 11 is 1.56. The molecule has 0 N–H and O–H groups in total. The molecular formula is C18H18N4OS. The van der Waals surface area contributed by atoms with Crippen molar-refractivity contribution in [2.45, 2.75) is 19.4 Å². The third kappa shape index (κ3) is 2.63. The molecule has 1 aliphatic rings. The predicted molar refractivity (Wildman–Crippen MR) is 94.1 cm³/mol. The van der Waals surface area contributed by atoms with Gasteiger partial charge in [0.15, 0.2) is 0 Å². The molecule has 4 heterocycles. The van der Waals surface area contributed by atoms with Gasteiger partial charge in [-0.15, -0.1) is 0 Å². The Kier molecular flexibility index (Phi) is 3.90. The molecule has 0 bridgehead atoms. The van der Waals surface area contributed by atoms with E-state index in [9.17, 15) is 4.79 Å². The third-order valence-corrected chi connectivity index (χ3v) is 5.17. The Labute approximate surface area is 144 Å². The number of carbonyl (C=O) groups is 1. The lowest BCUT2D eigenvalue weighted by Gasteiger charge is -2.19. The van der Waals surface area contributed by atoms with Crippen LogP contribution < -0.4 is 0 Å². The fraction of sp³-hybridized carbons (Fsp3) is 0.278. The fourth-order valence-electron chi connectivity index (χ4n) is 3.32. The summed E-state index contributed by atoms with van der Waals surface area (Å²) in [6.07, 6.45) is 6.44. The van der Waals surface area contributed by atoms with Crippen LogP contribution in [0.15, 0.2) is 47.5 Å². The highest BCUT2D eigenvalue weighted by atomic mass is 32.1. The zero-order valence-corrected chi connectivity index (χ0v) is 14.2. The highest BCUT2D eigenvalue weighted by molar-refractivity contribution is 7.08. The Balaban J connectivity index is 1.60. The van der Waals surface area contributed by atoms with Crippen molar-refractivity contribution in [3.05, 3.63) is 58.8 Å². The first-order chi connectivity index (χ1) is 11.7. The van der Waals surface area contributed by atoms with Crippen molar-refractivity contribution in [2.24, 2.45) is 0 Å². The minimum Gasteiger partial charge on any atom is -0.336 e. The average molecular weight is 338 g/mol. The second-order valence-corrected chi connectivity index (χ2v) is 6.82. The van der Waals surface area contributed by atoms with Crippen LogP contribution in [0.5, 0.6) is 0 Å². The van der Waals surface area contributed by atoms with E-state index in [1.54, 1.807) is 17.5 Å². The van der Waals surface area contributed by atoms with E-state index in [1.807, 2.05) is 46.3 Å². The number of imidazole rings is 1. The summed E-state index contributed by atoms with van der Waals surface area (Å²) in [5, 5.41) is 3.86. The lowest BCUT2D eigenvalue weighted by atomic mass is 10.2. The Morgan fingerprint density at radius 3 is 3.00 bits per heavy atom. The zero-order chi connectivity index (χ0) is 16.5. The van der Waals surface area contributed by atoms with Crippen LogP contribution in [0.3, 0.4) is 0 Å². The third-order valence-electron chi connectivity index (χ3n) is 4.49. The van der Waals surface area contributed by atoms with Crippen LogP contribution in [0, 0.1) is 6.92 Å². The molecule has 3 aromatic rings. The quantitative estimate of drug-likeness (QED) is 0.735.